The van der Waals surface area contributed by atoms with Gasteiger partial charge in [-0.3, -0.25) is 0 Å². The largest absolute Gasteiger partial charge is 0.377 e. The number of hydrogen-bond donors (Lipinski definition) is 1. The van der Waals surface area contributed by atoms with E-state index < -0.39 is 0 Å². The van der Waals surface area contributed by atoms with E-state index in [-0.39, 0.29) is 5.60 Å². The third-order valence-electron chi connectivity index (χ3n) is 4.85. The number of aryl methyl sites for hydroxylation is 1. The van der Waals surface area contributed by atoms with E-state index in [9.17, 15) is 0 Å². The fraction of sp³-hybridized carbons (Fsp3) is 0.824. The zero-order valence-corrected chi connectivity index (χ0v) is 14.8. The summed E-state index contributed by atoms with van der Waals surface area (Å²) in [6, 6.07) is 0.375. The Morgan fingerprint density at radius 3 is 2.71 bits per heavy atom. The summed E-state index contributed by atoms with van der Waals surface area (Å²) in [5.74, 6) is 0.835. The second-order valence-corrected chi connectivity index (χ2v) is 7.49. The van der Waals surface area contributed by atoms with Crippen LogP contribution in [0.4, 0.5) is 0 Å². The molecule has 0 spiro atoms. The van der Waals surface area contributed by atoms with Gasteiger partial charge in [0.25, 0.3) is 0 Å². The molecule has 1 aliphatic rings. The van der Waals surface area contributed by atoms with E-state index in [1.807, 2.05) is 7.11 Å². The van der Waals surface area contributed by atoms with E-state index in [0.717, 1.165) is 43.8 Å². The van der Waals surface area contributed by atoms with Gasteiger partial charge in [0.15, 0.2) is 0 Å². The minimum atomic E-state index is -0.0126. The third-order valence-corrected chi connectivity index (χ3v) is 5.84. The molecule has 4 heteroatoms. The van der Waals surface area contributed by atoms with Crippen LogP contribution in [0.5, 0.6) is 0 Å². The van der Waals surface area contributed by atoms with Crippen molar-refractivity contribution in [1.82, 2.24) is 10.3 Å². The number of nitrogens with zero attached hydrogens (tertiary/aromatic N) is 1. The van der Waals surface area contributed by atoms with Gasteiger partial charge in [0.05, 0.1) is 10.6 Å². The fourth-order valence-corrected chi connectivity index (χ4v) is 4.20. The average molecular weight is 311 g/mol. The van der Waals surface area contributed by atoms with Crippen LogP contribution < -0.4 is 5.32 Å². The van der Waals surface area contributed by atoms with Crippen LogP contribution in [-0.2, 0) is 11.2 Å². The summed E-state index contributed by atoms with van der Waals surface area (Å²) in [5.41, 5.74) is 1.12. The highest BCUT2D eigenvalue weighted by Crippen LogP contribution is 2.38. The molecule has 0 amide bonds. The highest BCUT2D eigenvalue weighted by Gasteiger charge is 2.41. The molecule has 120 valence electrons. The zero-order chi connectivity index (χ0) is 15.3. The van der Waals surface area contributed by atoms with Crippen molar-refractivity contribution >= 4 is 11.3 Å². The Morgan fingerprint density at radius 2 is 2.19 bits per heavy atom. The van der Waals surface area contributed by atoms with Crippen LogP contribution >= 0.6 is 11.3 Å². The minimum absolute atomic E-state index is 0.0126. The molecule has 1 aromatic rings. The molecule has 0 aromatic carbocycles. The normalized spacial score (nSPS) is 27.7. The third kappa shape index (κ3) is 4.27. The van der Waals surface area contributed by atoms with Gasteiger partial charge in [-0.05, 0) is 51.5 Å². The van der Waals surface area contributed by atoms with E-state index >= 15 is 0 Å². The molecule has 1 aromatic heterocycles. The molecule has 2 rings (SSSR count). The molecular weight excluding hydrogens is 280 g/mol. The maximum atomic E-state index is 6.08. The Bertz CT molecular complexity index is 424. The number of hydrogen-bond acceptors (Lipinski definition) is 4. The summed E-state index contributed by atoms with van der Waals surface area (Å²) in [4.78, 5) is 4.66. The maximum absolute atomic E-state index is 6.08. The van der Waals surface area contributed by atoms with E-state index in [0.29, 0.717) is 6.04 Å². The summed E-state index contributed by atoms with van der Waals surface area (Å²) >= 11 is 1.78. The summed E-state index contributed by atoms with van der Waals surface area (Å²) in [6.07, 6.45) is 7.02. The van der Waals surface area contributed by atoms with Gasteiger partial charge in [-0.1, -0.05) is 13.8 Å². The maximum Gasteiger partial charge on any atom is 0.0944 e. The topological polar surface area (TPSA) is 34.2 Å². The predicted molar refractivity (Wildman–Crippen MR) is 90.0 cm³/mol. The molecule has 1 aliphatic carbocycles. The van der Waals surface area contributed by atoms with Gasteiger partial charge < -0.3 is 10.1 Å². The number of rotatable bonds is 7. The summed E-state index contributed by atoms with van der Waals surface area (Å²) in [6.45, 7) is 7.71. The first-order chi connectivity index (χ1) is 10.1. The number of thiazole rings is 1. The molecule has 3 nitrogen and oxygen atoms in total. The van der Waals surface area contributed by atoms with Gasteiger partial charge in [0, 0.05) is 30.6 Å². The molecule has 0 aliphatic heterocycles. The SMILES string of the molecule is CCCNC(Cc1nc(C)cs1)C1(OC)CCC(C)CC1. The van der Waals surface area contributed by atoms with Crippen LogP contribution in [0.2, 0.25) is 0 Å². The molecule has 1 heterocycles. The zero-order valence-electron chi connectivity index (χ0n) is 13.9. The van der Waals surface area contributed by atoms with Gasteiger partial charge in [-0.2, -0.15) is 0 Å². The van der Waals surface area contributed by atoms with Crippen LogP contribution in [0.15, 0.2) is 5.38 Å². The van der Waals surface area contributed by atoms with Crippen molar-refractivity contribution in [3.63, 3.8) is 0 Å². The first kappa shape index (κ1) is 16.9. The predicted octanol–water partition coefficient (Wildman–Crippen LogP) is 3.96. The molecule has 0 bridgehead atoms. The van der Waals surface area contributed by atoms with Gasteiger partial charge in [-0.15, -0.1) is 11.3 Å². The molecule has 1 unspecified atom stereocenters. The Hall–Kier alpha value is -0.450. The van der Waals surface area contributed by atoms with Gasteiger partial charge in [0.2, 0.25) is 0 Å². The minimum Gasteiger partial charge on any atom is -0.377 e. The van der Waals surface area contributed by atoms with E-state index in [2.05, 4.69) is 36.5 Å². The van der Waals surface area contributed by atoms with Crippen molar-refractivity contribution in [3.05, 3.63) is 16.1 Å². The lowest BCUT2D eigenvalue weighted by molar-refractivity contribution is -0.0745. The smallest absolute Gasteiger partial charge is 0.0944 e. The van der Waals surface area contributed by atoms with Crippen molar-refractivity contribution in [2.24, 2.45) is 5.92 Å². The van der Waals surface area contributed by atoms with Crippen LogP contribution in [0.25, 0.3) is 0 Å². The lowest BCUT2D eigenvalue weighted by atomic mass is 9.74. The van der Waals surface area contributed by atoms with Gasteiger partial charge >= 0.3 is 0 Å². The van der Waals surface area contributed by atoms with Crippen LogP contribution in [0.1, 0.15) is 56.7 Å². The molecule has 1 N–H and O–H groups in total. The monoisotopic (exact) mass is 310 g/mol. The molecule has 0 saturated heterocycles. The molecule has 1 fully saturated rings. The number of aromatic nitrogens is 1. The first-order valence-corrected chi connectivity index (χ1v) is 9.17. The summed E-state index contributed by atoms with van der Waals surface area (Å²) in [5, 5.41) is 7.13. The van der Waals surface area contributed by atoms with Crippen LogP contribution in [0, 0.1) is 12.8 Å². The molecular formula is C17H30N2OS. The Kier molecular flexibility index (Phi) is 6.20. The van der Waals surface area contributed by atoms with Crippen molar-refractivity contribution in [2.45, 2.75) is 70.9 Å². The molecule has 21 heavy (non-hydrogen) atoms. The number of methoxy groups -OCH3 is 1. The van der Waals surface area contributed by atoms with Crippen molar-refractivity contribution in [2.75, 3.05) is 13.7 Å². The van der Waals surface area contributed by atoms with E-state index in [1.165, 1.54) is 17.8 Å². The first-order valence-electron chi connectivity index (χ1n) is 8.29. The highest BCUT2D eigenvalue weighted by atomic mass is 32.1. The highest BCUT2D eigenvalue weighted by molar-refractivity contribution is 7.09. The van der Waals surface area contributed by atoms with Crippen molar-refractivity contribution in [1.29, 1.82) is 0 Å². The standard InChI is InChI=1S/C17H30N2OS/c1-5-10-18-15(11-16-19-14(3)12-21-16)17(20-4)8-6-13(2)7-9-17/h12-13,15,18H,5-11H2,1-4H3. The Labute approximate surface area is 133 Å². The summed E-state index contributed by atoms with van der Waals surface area (Å²) < 4.78 is 6.08. The van der Waals surface area contributed by atoms with Crippen molar-refractivity contribution < 1.29 is 4.74 Å². The van der Waals surface area contributed by atoms with Gasteiger partial charge in [0.1, 0.15) is 0 Å². The lowest BCUT2D eigenvalue weighted by Gasteiger charge is -2.44. The fourth-order valence-electron chi connectivity index (χ4n) is 3.38. The second-order valence-electron chi connectivity index (χ2n) is 6.54. The Morgan fingerprint density at radius 1 is 1.48 bits per heavy atom. The Balaban J connectivity index is 2.12. The van der Waals surface area contributed by atoms with E-state index in [4.69, 9.17) is 4.74 Å². The molecule has 1 atom stereocenters. The van der Waals surface area contributed by atoms with Crippen LogP contribution in [0.3, 0.4) is 0 Å². The van der Waals surface area contributed by atoms with Crippen molar-refractivity contribution in [3.8, 4) is 0 Å². The lowest BCUT2D eigenvalue weighted by Crippen LogP contribution is -2.55. The quantitative estimate of drug-likeness (QED) is 0.828. The molecule has 0 radical (unpaired) electrons. The number of ether oxygens (including phenoxy) is 1. The van der Waals surface area contributed by atoms with Crippen LogP contribution in [-0.4, -0.2) is 30.3 Å². The van der Waals surface area contributed by atoms with Gasteiger partial charge in [-0.25, -0.2) is 4.98 Å². The average Bonchev–Trinajstić information content (AvgIpc) is 2.90. The summed E-state index contributed by atoms with van der Waals surface area (Å²) in [7, 11) is 1.89. The van der Waals surface area contributed by atoms with E-state index in [1.54, 1.807) is 11.3 Å². The molecule has 1 saturated carbocycles. The number of nitrogens with one attached hydrogen (secondary N) is 1. The second kappa shape index (κ2) is 7.70.